The lowest BCUT2D eigenvalue weighted by atomic mass is 10.1. The minimum atomic E-state index is -4.47. The van der Waals surface area contributed by atoms with Crippen LogP contribution in [0.3, 0.4) is 0 Å². The van der Waals surface area contributed by atoms with Crippen molar-refractivity contribution in [2.45, 2.75) is 12.6 Å². The van der Waals surface area contributed by atoms with E-state index in [-0.39, 0.29) is 17.1 Å². The maximum Gasteiger partial charge on any atom is 0.416 e. The molecule has 0 radical (unpaired) electrons. The van der Waals surface area contributed by atoms with Gasteiger partial charge in [0.15, 0.2) is 5.82 Å². The Bertz CT molecular complexity index is 622. The van der Waals surface area contributed by atoms with Crippen molar-refractivity contribution < 1.29 is 17.7 Å². The van der Waals surface area contributed by atoms with Crippen LogP contribution in [0.4, 0.5) is 18.9 Å². The second-order valence-corrected chi connectivity index (χ2v) is 4.91. The van der Waals surface area contributed by atoms with Crippen LogP contribution in [0.1, 0.15) is 11.4 Å². The summed E-state index contributed by atoms with van der Waals surface area (Å²) in [5.41, 5.74) is 4.81. The Morgan fingerprint density at radius 2 is 1.95 bits per heavy atom. The van der Waals surface area contributed by atoms with Crippen molar-refractivity contribution in [1.29, 1.82) is 0 Å². The first-order chi connectivity index (χ1) is 9.75. The minimum absolute atomic E-state index is 0.00661. The number of likely N-dealkylation sites (N-methyl/N-ethyl adjacent to an activating group) is 1. The highest BCUT2D eigenvalue weighted by Gasteiger charge is 2.31. The van der Waals surface area contributed by atoms with E-state index < -0.39 is 11.7 Å². The lowest BCUT2D eigenvalue weighted by Crippen LogP contribution is -2.15. The molecule has 0 spiro atoms. The van der Waals surface area contributed by atoms with Crippen LogP contribution < -0.4 is 5.73 Å². The molecule has 0 saturated heterocycles. The van der Waals surface area contributed by atoms with Gasteiger partial charge in [-0.05, 0) is 32.3 Å². The number of nitrogens with zero attached hydrogens (tertiary/aromatic N) is 3. The van der Waals surface area contributed by atoms with Crippen molar-refractivity contribution in [1.82, 2.24) is 15.0 Å². The molecule has 0 amide bonds. The summed E-state index contributed by atoms with van der Waals surface area (Å²) in [4.78, 5) is 6.03. The molecule has 0 fully saturated rings. The van der Waals surface area contributed by atoms with Gasteiger partial charge in [-0.25, -0.2) is 0 Å². The molecule has 1 aromatic carbocycles. The number of benzene rings is 1. The van der Waals surface area contributed by atoms with Gasteiger partial charge >= 0.3 is 6.18 Å². The highest BCUT2D eigenvalue weighted by atomic mass is 19.4. The zero-order chi connectivity index (χ0) is 15.6. The summed E-state index contributed by atoms with van der Waals surface area (Å²) in [6.45, 7) is 0.712. The van der Waals surface area contributed by atoms with E-state index in [1.54, 1.807) is 0 Å². The van der Waals surface area contributed by atoms with Crippen molar-refractivity contribution in [3.63, 3.8) is 0 Å². The standard InChI is InChI=1S/C13H15F3N4O/c1-20(2)4-3-11-18-12(21-19-11)8-5-9(13(14,15)16)7-10(17)6-8/h5-7H,3-4,17H2,1-2H3. The summed E-state index contributed by atoms with van der Waals surface area (Å²) >= 11 is 0. The third-order valence-electron chi connectivity index (χ3n) is 2.78. The fraction of sp³-hybridized carbons (Fsp3) is 0.385. The fourth-order valence-corrected chi connectivity index (χ4v) is 1.74. The molecular weight excluding hydrogens is 285 g/mol. The van der Waals surface area contributed by atoms with E-state index in [0.29, 0.717) is 18.8 Å². The first-order valence-electron chi connectivity index (χ1n) is 6.21. The Kier molecular flexibility index (Phi) is 4.17. The van der Waals surface area contributed by atoms with Crippen molar-refractivity contribution in [2.24, 2.45) is 0 Å². The number of alkyl halides is 3. The zero-order valence-corrected chi connectivity index (χ0v) is 11.6. The third-order valence-corrected chi connectivity index (χ3v) is 2.78. The largest absolute Gasteiger partial charge is 0.416 e. The Balaban J connectivity index is 2.28. The summed E-state index contributed by atoms with van der Waals surface area (Å²) in [7, 11) is 3.79. The molecule has 0 aliphatic carbocycles. The van der Waals surface area contributed by atoms with Gasteiger partial charge in [-0.1, -0.05) is 5.16 Å². The molecule has 0 bridgehead atoms. The lowest BCUT2D eigenvalue weighted by Gasteiger charge is -2.08. The second-order valence-electron chi connectivity index (χ2n) is 4.91. The molecule has 0 atom stereocenters. The maximum atomic E-state index is 12.8. The van der Waals surface area contributed by atoms with E-state index >= 15 is 0 Å². The topological polar surface area (TPSA) is 68.2 Å². The lowest BCUT2D eigenvalue weighted by molar-refractivity contribution is -0.137. The molecule has 0 unspecified atom stereocenters. The number of halogens is 3. The van der Waals surface area contributed by atoms with E-state index in [1.165, 1.54) is 6.07 Å². The molecule has 114 valence electrons. The highest BCUT2D eigenvalue weighted by Crippen LogP contribution is 2.33. The number of rotatable bonds is 4. The van der Waals surface area contributed by atoms with Gasteiger partial charge in [0.2, 0.25) is 0 Å². The Hall–Kier alpha value is -2.09. The number of nitrogen functional groups attached to an aromatic ring is 1. The molecular formula is C13H15F3N4O. The zero-order valence-electron chi connectivity index (χ0n) is 11.6. The highest BCUT2D eigenvalue weighted by molar-refractivity contribution is 5.62. The van der Waals surface area contributed by atoms with Gasteiger partial charge in [0.25, 0.3) is 5.89 Å². The number of hydrogen-bond donors (Lipinski definition) is 1. The Morgan fingerprint density at radius 1 is 1.24 bits per heavy atom. The van der Waals surface area contributed by atoms with Gasteiger partial charge in [0.1, 0.15) is 0 Å². The van der Waals surface area contributed by atoms with Crippen molar-refractivity contribution in [3.05, 3.63) is 29.6 Å². The van der Waals surface area contributed by atoms with Crippen LogP contribution in [-0.4, -0.2) is 35.7 Å². The minimum Gasteiger partial charge on any atom is -0.399 e. The number of nitrogens with two attached hydrogens (primary N) is 1. The normalized spacial score (nSPS) is 12.1. The van der Waals surface area contributed by atoms with E-state index in [0.717, 1.165) is 12.1 Å². The van der Waals surface area contributed by atoms with Crippen LogP contribution in [0.2, 0.25) is 0 Å². The van der Waals surface area contributed by atoms with Gasteiger partial charge in [-0.2, -0.15) is 18.2 Å². The van der Waals surface area contributed by atoms with Gasteiger partial charge in [-0.3, -0.25) is 0 Å². The number of aromatic nitrogens is 2. The van der Waals surface area contributed by atoms with Gasteiger partial charge < -0.3 is 15.2 Å². The van der Waals surface area contributed by atoms with E-state index in [1.807, 2.05) is 19.0 Å². The smallest absolute Gasteiger partial charge is 0.399 e. The summed E-state index contributed by atoms with van der Waals surface area (Å²) in [6, 6.07) is 3.19. The summed E-state index contributed by atoms with van der Waals surface area (Å²) < 4.78 is 43.3. The summed E-state index contributed by atoms with van der Waals surface area (Å²) in [5.74, 6) is 0.469. The van der Waals surface area contributed by atoms with Crippen molar-refractivity contribution >= 4 is 5.69 Å². The molecule has 8 heteroatoms. The summed E-state index contributed by atoms with van der Waals surface area (Å²) in [6.07, 6.45) is -3.93. The molecule has 5 nitrogen and oxygen atoms in total. The van der Waals surface area contributed by atoms with E-state index in [4.69, 9.17) is 10.3 Å². The Morgan fingerprint density at radius 3 is 2.57 bits per heavy atom. The van der Waals surface area contributed by atoms with Crippen molar-refractivity contribution in [3.8, 4) is 11.5 Å². The van der Waals surface area contributed by atoms with Crippen LogP contribution in [0.25, 0.3) is 11.5 Å². The third kappa shape index (κ3) is 3.94. The average molecular weight is 300 g/mol. The quantitative estimate of drug-likeness (QED) is 0.878. The average Bonchev–Trinajstić information content (AvgIpc) is 2.83. The molecule has 0 aliphatic rings. The first-order valence-corrected chi connectivity index (χ1v) is 6.21. The van der Waals surface area contributed by atoms with Gasteiger partial charge in [-0.15, -0.1) is 0 Å². The van der Waals surface area contributed by atoms with Gasteiger partial charge in [0.05, 0.1) is 5.56 Å². The molecule has 21 heavy (non-hydrogen) atoms. The van der Waals surface area contributed by atoms with Crippen molar-refractivity contribution in [2.75, 3.05) is 26.4 Å². The van der Waals surface area contributed by atoms with Crippen LogP contribution >= 0.6 is 0 Å². The van der Waals surface area contributed by atoms with Gasteiger partial charge in [0, 0.05) is 24.2 Å². The molecule has 2 aromatic rings. The molecule has 1 heterocycles. The number of hydrogen-bond acceptors (Lipinski definition) is 5. The fourth-order valence-electron chi connectivity index (χ4n) is 1.74. The number of anilines is 1. The predicted octanol–water partition coefficient (Wildman–Crippen LogP) is 2.44. The molecule has 0 saturated carbocycles. The second kappa shape index (κ2) is 5.72. The van der Waals surface area contributed by atoms with Crippen LogP contribution in [0, 0.1) is 0 Å². The Labute approximate surface area is 119 Å². The van der Waals surface area contributed by atoms with E-state index in [9.17, 15) is 13.2 Å². The monoisotopic (exact) mass is 300 g/mol. The molecule has 2 N–H and O–H groups in total. The molecule has 1 aromatic heterocycles. The van der Waals surface area contributed by atoms with E-state index in [2.05, 4.69) is 10.1 Å². The first kappa shape index (κ1) is 15.3. The molecule has 0 aliphatic heterocycles. The SMILES string of the molecule is CN(C)CCc1noc(-c2cc(N)cc(C(F)(F)F)c2)n1. The van der Waals surface area contributed by atoms with Crippen LogP contribution in [-0.2, 0) is 12.6 Å². The van der Waals surface area contributed by atoms with Crippen LogP contribution in [0.5, 0.6) is 0 Å². The predicted molar refractivity (Wildman–Crippen MR) is 71.4 cm³/mol. The van der Waals surface area contributed by atoms with Crippen LogP contribution in [0.15, 0.2) is 22.7 Å². The summed E-state index contributed by atoms with van der Waals surface area (Å²) in [5, 5.41) is 3.75. The molecule has 2 rings (SSSR count). The maximum absolute atomic E-state index is 12.8.